The van der Waals surface area contributed by atoms with E-state index < -0.39 is 0 Å². The second-order valence-electron chi connectivity index (χ2n) is 5.95. The SMILES string of the molecule is COc1ccc(/C=C2/SC(=S)N(c3cccc4ccccc34)C2=O)cc1O. The Kier molecular flexibility index (Phi) is 4.59. The fraction of sp³-hybridized carbons (Fsp3) is 0.0476. The molecule has 6 heteroatoms. The Morgan fingerprint density at radius 2 is 1.89 bits per heavy atom. The van der Waals surface area contributed by atoms with Gasteiger partial charge in [0.2, 0.25) is 0 Å². The number of amides is 1. The van der Waals surface area contributed by atoms with Crippen molar-refractivity contribution in [2.75, 3.05) is 12.0 Å². The Morgan fingerprint density at radius 3 is 2.67 bits per heavy atom. The number of thiocarbonyl (C=S) groups is 1. The van der Waals surface area contributed by atoms with E-state index in [-0.39, 0.29) is 11.7 Å². The molecule has 1 N–H and O–H groups in total. The van der Waals surface area contributed by atoms with Gasteiger partial charge in [0.1, 0.15) is 0 Å². The number of carbonyl (C=O) groups is 1. The quantitative estimate of drug-likeness (QED) is 0.503. The van der Waals surface area contributed by atoms with Crippen LogP contribution in [-0.4, -0.2) is 22.4 Å². The number of methoxy groups -OCH3 is 1. The third-order valence-electron chi connectivity index (χ3n) is 4.30. The Bertz CT molecular complexity index is 1100. The minimum Gasteiger partial charge on any atom is -0.504 e. The molecule has 0 aromatic heterocycles. The van der Waals surface area contributed by atoms with Crippen LogP contribution in [0.15, 0.2) is 65.6 Å². The van der Waals surface area contributed by atoms with Gasteiger partial charge in [-0.05, 0) is 35.2 Å². The molecule has 3 aromatic rings. The Morgan fingerprint density at radius 1 is 1.11 bits per heavy atom. The molecule has 134 valence electrons. The molecule has 1 aliphatic heterocycles. The van der Waals surface area contributed by atoms with Crippen LogP contribution in [0.3, 0.4) is 0 Å². The summed E-state index contributed by atoms with van der Waals surface area (Å²) in [5.74, 6) is 0.239. The van der Waals surface area contributed by atoms with Gasteiger partial charge < -0.3 is 9.84 Å². The van der Waals surface area contributed by atoms with Gasteiger partial charge in [0.25, 0.3) is 5.91 Å². The Hall–Kier alpha value is -2.83. The number of ether oxygens (including phenoxy) is 1. The van der Waals surface area contributed by atoms with Crippen molar-refractivity contribution in [1.29, 1.82) is 0 Å². The van der Waals surface area contributed by atoms with Gasteiger partial charge in [0, 0.05) is 5.39 Å². The van der Waals surface area contributed by atoms with Gasteiger partial charge >= 0.3 is 0 Å². The number of aromatic hydroxyl groups is 1. The molecule has 0 saturated carbocycles. The molecular formula is C21H15NO3S2. The van der Waals surface area contributed by atoms with Crippen molar-refractivity contribution in [3.05, 3.63) is 71.1 Å². The van der Waals surface area contributed by atoms with E-state index in [4.69, 9.17) is 17.0 Å². The average molecular weight is 393 g/mol. The Labute approximate surface area is 166 Å². The van der Waals surface area contributed by atoms with E-state index in [1.54, 1.807) is 29.2 Å². The lowest BCUT2D eigenvalue weighted by Crippen LogP contribution is -2.27. The van der Waals surface area contributed by atoms with Crippen LogP contribution in [0, 0.1) is 0 Å². The van der Waals surface area contributed by atoms with Crippen LogP contribution in [0.2, 0.25) is 0 Å². The van der Waals surface area contributed by atoms with E-state index in [1.165, 1.54) is 18.9 Å². The predicted octanol–water partition coefficient (Wildman–Crippen LogP) is 4.96. The fourth-order valence-corrected chi connectivity index (χ4v) is 4.31. The van der Waals surface area contributed by atoms with Crippen LogP contribution in [0.25, 0.3) is 16.8 Å². The van der Waals surface area contributed by atoms with E-state index in [1.807, 2.05) is 42.5 Å². The molecule has 0 spiro atoms. The highest BCUT2D eigenvalue weighted by Crippen LogP contribution is 2.39. The van der Waals surface area contributed by atoms with Crippen LogP contribution in [0.1, 0.15) is 5.56 Å². The largest absolute Gasteiger partial charge is 0.504 e. The second kappa shape index (κ2) is 7.06. The zero-order chi connectivity index (χ0) is 19.0. The number of thioether (sulfide) groups is 1. The molecular weight excluding hydrogens is 378 g/mol. The lowest BCUT2D eigenvalue weighted by atomic mass is 10.1. The van der Waals surface area contributed by atoms with Gasteiger partial charge in [-0.2, -0.15) is 0 Å². The number of carbonyl (C=O) groups excluding carboxylic acids is 1. The maximum atomic E-state index is 13.0. The summed E-state index contributed by atoms with van der Waals surface area (Å²) >= 11 is 6.73. The van der Waals surface area contributed by atoms with Gasteiger partial charge in [-0.3, -0.25) is 9.69 Å². The number of rotatable bonds is 3. The topological polar surface area (TPSA) is 49.8 Å². The number of phenols is 1. The molecule has 27 heavy (non-hydrogen) atoms. The van der Waals surface area contributed by atoms with Crippen LogP contribution in [0.4, 0.5) is 5.69 Å². The van der Waals surface area contributed by atoms with Gasteiger partial charge in [-0.25, -0.2) is 0 Å². The predicted molar refractivity (Wildman–Crippen MR) is 114 cm³/mol. The zero-order valence-electron chi connectivity index (χ0n) is 14.4. The van der Waals surface area contributed by atoms with Crippen molar-refractivity contribution < 1.29 is 14.6 Å². The molecule has 1 aliphatic rings. The van der Waals surface area contributed by atoms with Crippen LogP contribution < -0.4 is 9.64 Å². The van der Waals surface area contributed by atoms with Crippen molar-refractivity contribution in [1.82, 2.24) is 0 Å². The average Bonchev–Trinajstić information content (AvgIpc) is 2.95. The summed E-state index contributed by atoms with van der Waals surface area (Å²) in [6.45, 7) is 0. The smallest absolute Gasteiger partial charge is 0.270 e. The van der Waals surface area contributed by atoms with E-state index in [0.29, 0.717) is 20.5 Å². The van der Waals surface area contributed by atoms with E-state index in [0.717, 1.165) is 16.5 Å². The molecule has 0 unspecified atom stereocenters. The van der Waals surface area contributed by atoms with Crippen molar-refractivity contribution >= 4 is 56.7 Å². The third kappa shape index (κ3) is 3.18. The second-order valence-corrected chi connectivity index (χ2v) is 7.62. The highest BCUT2D eigenvalue weighted by atomic mass is 32.2. The molecule has 0 radical (unpaired) electrons. The van der Waals surface area contributed by atoms with Crippen molar-refractivity contribution in [2.45, 2.75) is 0 Å². The summed E-state index contributed by atoms with van der Waals surface area (Å²) in [6, 6.07) is 18.7. The van der Waals surface area contributed by atoms with E-state index in [2.05, 4.69) is 0 Å². The van der Waals surface area contributed by atoms with Crippen molar-refractivity contribution in [3.63, 3.8) is 0 Å². The van der Waals surface area contributed by atoms with Gasteiger partial charge in [0.15, 0.2) is 15.8 Å². The number of hydrogen-bond donors (Lipinski definition) is 1. The number of hydrogen-bond acceptors (Lipinski definition) is 5. The summed E-state index contributed by atoms with van der Waals surface area (Å²) < 4.78 is 5.54. The maximum absolute atomic E-state index is 13.0. The van der Waals surface area contributed by atoms with Gasteiger partial charge in [-0.1, -0.05) is 66.4 Å². The number of nitrogens with zero attached hydrogens (tertiary/aromatic N) is 1. The van der Waals surface area contributed by atoms with E-state index >= 15 is 0 Å². The standard InChI is InChI=1S/C21H15NO3S2/c1-25-18-10-9-13(11-17(18)23)12-19-20(24)22(21(26)27-19)16-8-4-6-14-5-2-3-7-15(14)16/h2-12,23H,1H3/b19-12+. The Balaban J connectivity index is 1.73. The van der Waals surface area contributed by atoms with Crippen LogP contribution >= 0.6 is 24.0 Å². The van der Waals surface area contributed by atoms with Crippen LogP contribution in [-0.2, 0) is 4.79 Å². The normalized spacial score (nSPS) is 15.7. The monoisotopic (exact) mass is 393 g/mol. The summed E-state index contributed by atoms with van der Waals surface area (Å²) in [7, 11) is 1.49. The molecule has 1 amide bonds. The number of benzene rings is 3. The van der Waals surface area contributed by atoms with Crippen LogP contribution in [0.5, 0.6) is 11.5 Å². The molecule has 1 fully saturated rings. The number of anilines is 1. The molecule has 0 bridgehead atoms. The minimum atomic E-state index is -0.170. The summed E-state index contributed by atoms with van der Waals surface area (Å²) in [6.07, 6.45) is 1.73. The molecule has 4 rings (SSSR count). The lowest BCUT2D eigenvalue weighted by Gasteiger charge is -2.17. The van der Waals surface area contributed by atoms with Gasteiger partial charge in [0.05, 0.1) is 17.7 Å². The zero-order valence-corrected chi connectivity index (χ0v) is 16.0. The molecule has 0 atom stereocenters. The summed E-state index contributed by atoms with van der Waals surface area (Å²) in [5, 5.41) is 12.0. The number of fused-ring (bicyclic) bond motifs is 1. The molecule has 3 aromatic carbocycles. The van der Waals surface area contributed by atoms with Gasteiger partial charge in [-0.15, -0.1) is 0 Å². The summed E-state index contributed by atoms with van der Waals surface area (Å²) in [5.41, 5.74) is 1.48. The maximum Gasteiger partial charge on any atom is 0.270 e. The van der Waals surface area contributed by atoms with E-state index in [9.17, 15) is 9.90 Å². The highest BCUT2D eigenvalue weighted by molar-refractivity contribution is 8.27. The fourth-order valence-electron chi connectivity index (χ4n) is 3.03. The third-order valence-corrected chi connectivity index (χ3v) is 5.60. The van der Waals surface area contributed by atoms with Crippen molar-refractivity contribution in [3.8, 4) is 11.5 Å². The first-order valence-electron chi connectivity index (χ1n) is 8.21. The molecule has 1 heterocycles. The lowest BCUT2D eigenvalue weighted by molar-refractivity contribution is -0.113. The molecule has 0 aliphatic carbocycles. The minimum absolute atomic E-state index is 0.0239. The molecule has 1 saturated heterocycles. The van der Waals surface area contributed by atoms with Crippen molar-refractivity contribution in [2.24, 2.45) is 0 Å². The first-order chi connectivity index (χ1) is 13.1. The first kappa shape index (κ1) is 17.6. The highest BCUT2D eigenvalue weighted by Gasteiger charge is 2.34. The first-order valence-corrected chi connectivity index (χ1v) is 9.43. The summed E-state index contributed by atoms with van der Waals surface area (Å²) in [4.78, 5) is 15.1. The number of phenolic OH excluding ortho intramolecular Hbond substituents is 1. The molecule has 4 nitrogen and oxygen atoms in total.